The lowest BCUT2D eigenvalue weighted by atomic mass is 9.73. The van der Waals surface area contributed by atoms with Crippen molar-refractivity contribution >= 4 is 29.4 Å². The predicted octanol–water partition coefficient (Wildman–Crippen LogP) is 5.37. The molecule has 2 aromatic rings. The third kappa shape index (κ3) is 3.73. The van der Waals surface area contributed by atoms with Crippen molar-refractivity contribution in [3.8, 4) is 0 Å². The molecule has 0 fully saturated rings. The number of benzene rings is 2. The molecule has 0 atom stereocenters. The summed E-state index contributed by atoms with van der Waals surface area (Å²) in [6.07, 6.45) is 12.5. The van der Waals surface area contributed by atoms with Gasteiger partial charge in [-0.25, -0.2) is 0 Å². The van der Waals surface area contributed by atoms with Crippen LogP contribution in [0.2, 0.25) is 0 Å². The molecule has 5 heteroatoms. The molecule has 0 aliphatic heterocycles. The Kier molecular flexibility index (Phi) is 5.96. The van der Waals surface area contributed by atoms with Gasteiger partial charge in [0.1, 0.15) is 0 Å². The maximum Gasteiger partial charge on any atom is 0.266 e. The van der Waals surface area contributed by atoms with Crippen molar-refractivity contribution in [3.63, 3.8) is 0 Å². The summed E-state index contributed by atoms with van der Waals surface area (Å²) in [4.78, 5) is 40.4. The fourth-order valence-corrected chi connectivity index (χ4v) is 5.99. The molecule has 33 heavy (non-hydrogen) atoms. The molecule has 2 aromatic carbocycles. The number of carbonyl (C=O) groups is 3. The lowest BCUT2D eigenvalue weighted by molar-refractivity contribution is -0.110. The van der Waals surface area contributed by atoms with Crippen LogP contribution in [0.15, 0.2) is 18.2 Å². The lowest BCUT2D eigenvalue weighted by Crippen LogP contribution is -2.29. The number of carbonyl (C=O) groups excluding carboxylic acids is 3. The third-order valence-corrected chi connectivity index (χ3v) is 7.51. The second-order valence-corrected chi connectivity index (χ2v) is 9.52. The number of fused-ring (bicyclic) bond motifs is 2. The highest BCUT2D eigenvalue weighted by molar-refractivity contribution is 6.35. The molecule has 0 aromatic heterocycles. The summed E-state index contributed by atoms with van der Waals surface area (Å²) in [6.45, 7) is 0. The van der Waals surface area contributed by atoms with E-state index in [2.05, 4.69) is 5.32 Å². The largest absolute Gasteiger partial charge is 0.320 e. The molecular weight excluding hydrogens is 412 g/mol. The zero-order valence-electron chi connectivity index (χ0n) is 19.0. The van der Waals surface area contributed by atoms with Crippen LogP contribution < -0.4 is 5.32 Å². The second-order valence-electron chi connectivity index (χ2n) is 9.52. The quantitative estimate of drug-likeness (QED) is 0.523. The Morgan fingerprint density at radius 2 is 1.36 bits per heavy atom. The highest BCUT2D eigenvalue weighted by atomic mass is 16.2. The number of aryl methyl sites for hydroxylation is 1. The van der Waals surface area contributed by atoms with Gasteiger partial charge in [-0.2, -0.15) is 0 Å². The van der Waals surface area contributed by atoms with Crippen LogP contribution in [0.5, 0.6) is 0 Å². The first-order valence-electron chi connectivity index (χ1n) is 12.3. The van der Waals surface area contributed by atoms with E-state index in [4.69, 9.17) is 5.41 Å². The first kappa shape index (κ1) is 21.7. The van der Waals surface area contributed by atoms with Gasteiger partial charge in [-0.3, -0.25) is 14.4 Å². The molecule has 3 aliphatic carbocycles. The molecule has 5 nitrogen and oxygen atoms in total. The van der Waals surface area contributed by atoms with Crippen LogP contribution in [0.4, 0.5) is 5.69 Å². The Labute approximate surface area is 194 Å². The molecule has 0 unspecified atom stereocenters. The summed E-state index contributed by atoms with van der Waals surface area (Å²) in [5.74, 6) is -0.804. The average molecular weight is 443 g/mol. The number of anilines is 1. The number of hydrogen-bond acceptors (Lipinski definition) is 4. The first-order chi connectivity index (χ1) is 16.1. The fraction of sp³-hybridized carbons (Fsp3) is 0.429. The van der Waals surface area contributed by atoms with E-state index in [1.165, 1.54) is 0 Å². The average Bonchev–Trinajstić information content (AvgIpc) is 2.82. The van der Waals surface area contributed by atoms with Crippen LogP contribution in [-0.4, -0.2) is 23.7 Å². The molecule has 0 saturated heterocycles. The van der Waals surface area contributed by atoms with E-state index < -0.39 is 5.91 Å². The molecule has 0 radical (unpaired) electrons. The van der Waals surface area contributed by atoms with Gasteiger partial charge < -0.3 is 10.7 Å². The zero-order valence-corrected chi connectivity index (χ0v) is 19.0. The molecular formula is C28H30N2O3. The van der Waals surface area contributed by atoms with Gasteiger partial charge in [-0.1, -0.05) is 43.9 Å². The molecule has 1 amide bonds. The summed E-state index contributed by atoms with van der Waals surface area (Å²) in [6, 6.07) is 5.60. The van der Waals surface area contributed by atoms with Crippen molar-refractivity contribution < 1.29 is 14.4 Å². The van der Waals surface area contributed by atoms with Gasteiger partial charge in [0.05, 0.1) is 17.5 Å². The maximum absolute atomic E-state index is 14.1. The Hall–Kier alpha value is -3.08. The van der Waals surface area contributed by atoms with Crippen LogP contribution in [0.1, 0.15) is 105 Å². The Morgan fingerprint density at radius 3 is 2.06 bits per heavy atom. The van der Waals surface area contributed by atoms with E-state index in [0.29, 0.717) is 27.9 Å². The minimum Gasteiger partial charge on any atom is -0.320 e. The molecule has 3 aliphatic rings. The van der Waals surface area contributed by atoms with Crippen molar-refractivity contribution in [1.29, 1.82) is 5.41 Å². The highest BCUT2D eigenvalue weighted by Crippen LogP contribution is 2.43. The topological polar surface area (TPSA) is 87.1 Å². The van der Waals surface area contributed by atoms with Crippen LogP contribution in [0.3, 0.4) is 0 Å². The number of hydrogen-bond donors (Lipinski definition) is 2. The summed E-state index contributed by atoms with van der Waals surface area (Å²) >= 11 is 0. The van der Waals surface area contributed by atoms with E-state index in [9.17, 15) is 14.4 Å². The van der Waals surface area contributed by atoms with Crippen LogP contribution in [0, 0.1) is 5.41 Å². The van der Waals surface area contributed by atoms with Gasteiger partial charge in [0.25, 0.3) is 5.91 Å². The zero-order chi connectivity index (χ0) is 22.9. The smallest absolute Gasteiger partial charge is 0.266 e. The maximum atomic E-state index is 14.1. The van der Waals surface area contributed by atoms with Gasteiger partial charge in [0.2, 0.25) is 0 Å². The predicted molar refractivity (Wildman–Crippen MR) is 129 cm³/mol. The van der Waals surface area contributed by atoms with E-state index in [-0.39, 0.29) is 11.6 Å². The van der Waals surface area contributed by atoms with Crippen LogP contribution in [0.25, 0.3) is 0 Å². The number of nitrogens with one attached hydrogen (secondary N) is 2. The molecule has 0 saturated carbocycles. The molecule has 2 N–H and O–H groups in total. The number of amides is 1. The van der Waals surface area contributed by atoms with Gasteiger partial charge in [0, 0.05) is 16.7 Å². The minimum absolute atomic E-state index is 0.0673. The minimum atomic E-state index is -0.563. The van der Waals surface area contributed by atoms with Crippen LogP contribution >= 0.6 is 0 Å². The second kappa shape index (κ2) is 9.05. The van der Waals surface area contributed by atoms with E-state index in [0.717, 1.165) is 106 Å². The Bertz CT molecular complexity index is 1180. The number of rotatable bonds is 2. The summed E-state index contributed by atoms with van der Waals surface area (Å²) in [7, 11) is 0. The van der Waals surface area contributed by atoms with Crippen LogP contribution in [-0.2, 0) is 30.5 Å². The summed E-state index contributed by atoms with van der Waals surface area (Å²) in [5, 5.41) is 10.3. The van der Waals surface area contributed by atoms with Crippen molar-refractivity contribution in [2.45, 2.75) is 77.0 Å². The van der Waals surface area contributed by atoms with Crippen molar-refractivity contribution in [3.05, 3.63) is 62.7 Å². The Balaban J connectivity index is 1.86. The molecule has 5 rings (SSSR count). The lowest BCUT2D eigenvalue weighted by Gasteiger charge is -2.30. The van der Waals surface area contributed by atoms with Crippen molar-refractivity contribution in [2.24, 2.45) is 0 Å². The van der Waals surface area contributed by atoms with Gasteiger partial charge in [0.15, 0.2) is 11.6 Å². The van der Waals surface area contributed by atoms with Gasteiger partial charge >= 0.3 is 0 Å². The van der Waals surface area contributed by atoms with E-state index in [1.807, 2.05) is 12.1 Å². The standard InChI is InChI=1S/C28H30N2O3/c29-16-22(31)30-26-20-14-8-4-3-6-12-18(20)19-13-7-2-1-5-10-17-11-9-15-21-23(17)28(33)24(19)25(26)27(21)32/h9,11,15-16,29H,1-8,10,12-14H2,(H,30,31). The Morgan fingerprint density at radius 1 is 0.727 bits per heavy atom. The van der Waals surface area contributed by atoms with Crippen molar-refractivity contribution in [1.82, 2.24) is 0 Å². The monoisotopic (exact) mass is 442 g/mol. The molecule has 0 spiro atoms. The fourth-order valence-electron chi connectivity index (χ4n) is 5.99. The highest BCUT2D eigenvalue weighted by Gasteiger charge is 2.38. The molecule has 2 bridgehead atoms. The molecule has 170 valence electrons. The van der Waals surface area contributed by atoms with Gasteiger partial charge in [-0.05, 0) is 73.6 Å². The number of ketones is 2. The first-order valence-corrected chi connectivity index (χ1v) is 12.3. The summed E-state index contributed by atoms with van der Waals surface area (Å²) < 4.78 is 0. The summed E-state index contributed by atoms with van der Waals surface area (Å²) in [5.41, 5.74) is 6.53. The van der Waals surface area contributed by atoms with E-state index in [1.54, 1.807) is 6.07 Å². The third-order valence-electron chi connectivity index (χ3n) is 7.51. The van der Waals surface area contributed by atoms with Gasteiger partial charge in [-0.15, -0.1) is 0 Å². The normalized spacial score (nSPS) is 17.8. The SMILES string of the molecule is N=CC(=O)Nc1c2c(c3c4c1C(=O)c1cccc(c1C4=O)CCCCCC3)CCCCCC2. The van der Waals surface area contributed by atoms with E-state index >= 15 is 0 Å². The molecule has 0 heterocycles. The van der Waals surface area contributed by atoms with Crippen molar-refractivity contribution in [2.75, 3.05) is 5.32 Å².